The summed E-state index contributed by atoms with van der Waals surface area (Å²) in [6.07, 6.45) is 3.95. The standard InChI is InChI=1S/C13H26N2O3S/c1-11(16)10-12-8-6-5-7-9-15(12)19(17,18)14-13(2,3)4/h12,14H,5-10H2,1-4H3. The first kappa shape index (κ1) is 16.6. The Labute approximate surface area is 116 Å². The van der Waals surface area contributed by atoms with Crippen LogP contribution in [0.5, 0.6) is 0 Å². The van der Waals surface area contributed by atoms with Gasteiger partial charge in [0.15, 0.2) is 0 Å². The van der Waals surface area contributed by atoms with Crippen molar-refractivity contribution in [2.75, 3.05) is 6.54 Å². The van der Waals surface area contributed by atoms with Crippen LogP contribution in [-0.4, -0.2) is 36.6 Å². The Bertz CT molecular complexity index is 412. The number of hydrogen-bond donors (Lipinski definition) is 1. The van der Waals surface area contributed by atoms with Gasteiger partial charge in [-0.1, -0.05) is 12.8 Å². The van der Waals surface area contributed by atoms with Gasteiger partial charge in [-0.3, -0.25) is 4.79 Å². The van der Waals surface area contributed by atoms with Crippen molar-refractivity contribution in [2.24, 2.45) is 0 Å². The van der Waals surface area contributed by atoms with Crippen LogP contribution in [0.3, 0.4) is 0 Å². The Hall–Kier alpha value is -0.460. The molecular formula is C13H26N2O3S. The number of ketones is 1. The topological polar surface area (TPSA) is 66.5 Å². The molecule has 0 aromatic heterocycles. The first-order valence-electron chi connectivity index (χ1n) is 6.92. The molecule has 0 aliphatic carbocycles. The van der Waals surface area contributed by atoms with Gasteiger partial charge < -0.3 is 0 Å². The van der Waals surface area contributed by atoms with Crippen molar-refractivity contribution in [3.05, 3.63) is 0 Å². The number of Topliss-reactive ketones (excluding diaryl/α,β-unsaturated/α-hetero) is 1. The zero-order valence-corrected chi connectivity index (χ0v) is 13.2. The summed E-state index contributed by atoms with van der Waals surface area (Å²) in [5.74, 6) is 0.0443. The molecule has 19 heavy (non-hydrogen) atoms. The summed E-state index contributed by atoms with van der Waals surface area (Å²) in [6.45, 7) is 7.49. The second-order valence-electron chi connectivity index (χ2n) is 6.38. The molecule has 1 atom stereocenters. The van der Waals surface area contributed by atoms with E-state index in [0.29, 0.717) is 13.0 Å². The fourth-order valence-corrected chi connectivity index (χ4v) is 4.28. The lowest BCUT2D eigenvalue weighted by molar-refractivity contribution is -0.117. The molecule has 5 nitrogen and oxygen atoms in total. The molecule has 112 valence electrons. The second-order valence-corrected chi connectivity index (χ2v) is 8.00. The van der Waals surface area contributed by atoms with E-state index in [1.54, 1.807) is 0 Å². The van der Waals surface area contributed by atoms with Gasteiger partial charge in [0, 0.05) is 24.5 Å². The van der Waals surface area contributed by atoms with Crippen LogP contribution < -0.4 is 4.72 Å². The average molecular weight is 290 g/mol. The molecule has 0 aromatic carbocycles. The lowest BCUT2D eigenvalue weighted by Crippen LogP contribution is -2.52. The number of nitrogens with one attached hydrogen (secondary N) is 1. The van der Waals surface area contributed by atoms with Crippen LogP contribution >= 0.6 is 0 Å². The number of carbonyl (C=O) groups excluding carboxylic acids is 1. The van der Waals surface area contributed by atoms with E-state index in [-0.39, 0.29) is 11.8 Å². The van der Waals surface area contributed by atoms with Crippen LogP contribution in [0.4, 0.5) is 0 Å². The van der Waals surface area contributed by atoms with Crippen molar-refractivity contribution >= 4 is 16.0 Å². The van der Waals surface area contributed by atoms with Crippen molar-refractivity contribution in [3.8, 4) is 0 Å². The van der Waals surface area contributed by atoms with Gasteiger partial charge in [-0.15, -0.1) is 0 Å². The first-order chi connectivity index (χ1) is 8.62. The van der Waals surface area contributed by atoms with Gasteiger partial charge >= 0.3 is 0 Å². The van der Waals surface area contributed by atoms with E-state index in [2.05, 4.69) is 4.72 Å². The number of nitrogens with zero attached hydrogens (tertiary/aromatic N) is 1. The van der Waals surface area contributed by atoms with Gasteiger partial charge in [0.25, 0.3) is 10.2 Å². The van der Waals surface area contributed by atoms with Crippen LogP contribution in [0.1, 0.15) is 59.8 Å². The van der Waals surface area contributed by atoms with Gasteiger partial charge in [-0.2, -0.15) is 17.4 Å². The molecule has 0 saturated carbocycles. The summed E-state index contributed by atoms with van der Waals surface area (Å²) in [4.78, 5) is 11.3. The summed E-state index contributed by atoms with van der Waals surface area (Å²) in [7, 11) is -3.53. The molecule has 1 N–H and O–H groups in total. The Morgan fingerprint density at radius 1 is 1.26 bits per heavy atom. The minimum atomic E-state index is -3.53. The molecule has 1 saturated heterocycles. The molecule has 0 radical (unpaired) electrons. The number of rotatable bonds is 4. The molecule has 0 aromatic rings. The first-order valence-corrected chi connectivity index (χ1v) is 8.36. The monoisotopic (exact) mass is 290 g/mol. The van der Waals surface area contributed by atoms with Crippen molar-refractivity contribution in [1.29, 1.82) is 0 Å². The van der Waals surface area contributed by atoms with Crippen molar-refractivity contribution in [3.63, 3.8) is 0 Å². The van der Waals surface area contributed by atoms with Crippen LogP contribution in [0.15, 0.2) is 0 Å². The van der Waals surface area contributed by atoms with Crippen LogP contribution in [0, 0.1) is 0 Å². The van der Waals surface area contributed by atoms with E-state index in [1.165, 1.54) is 11.2 Å². The Balaban J connectivity index is 2.93. The summed E-state index contributed by atoms with van der Waals surface area (Å²) < 4.78 is 29.1. The smallest absolute Gasteiger partial charge is 0.280 e. The van der Waals surface area contributed by atoms with Gasteiger partial charge in [-0.05, 0) is 40.5 Å². The van der Waals surface area contributed by atoms with Crippen molar-refractivity contribution in [1.82, 2.24) is 9.03 Å². The molecule has 1 unspecified atom stereocenters. The van der Waals surface area contributed by atoms with E-state index < -0.39 is 15.7 Å². The highest BCUT2D eigenvalue weighted by atomic mass is 32.2. The second kappa shape index (κ2) is 6.33. The maximum absolute atomic E-state index is 12.4. The normalized spacial score (nSPS) is 23.1. The quantitative estimate of drug-likeness (QED) is 0.859. The number of carbonyl (C=O) groups is 1. The van der Waals surface area contributed by atoms with E-state index in [4.69, 9.17) is 0 Å². The summed E-state index contributed by atoms with van der Waals surface area (Å²) in [6, 6.07) is -0.195. The zero-order chi connectivity index (χ0) is 14.7. The maximum atomic E-state index is 12.4. The van der Waals surface area contributed by atoms with Gasteiger partial charge in [0.2, 0.25) is 0 Å². The molecule has 0 spiro atoms. The van der Waals surface area contributed by atoms with E-state index in [0.717, 1.165) is 25.7 Å². The average Bonchev–Trinajstić information content (AvgIpc) is 2.38. The van der Waals surface area contributed by atoms with Gasteiger partial charge in [0.05, 0.1) is 0 Å². The van der Waals surface area contributed by atoms with Gasteiger partial charge in [0.1, 0.15) is 5.78 Å². The SMILES string of the molecule is CC(=O)CC1CCCCCN1S(=O)(=O)NC(C)(C)C. The van der Waals surface area contributed by atoms with Crippen LogP contribution in [-0.2, 0) is 15.0 Å². The molecule has 0 bridgehead atoms. The molecular weight excluding hydrogens is 264 g/mol. The van der Waals surface area contributed by atoms with E-state index in [9.17, 15) is 13.2 Å². The third-order valence-electron chi connectivity index (χ3n) is 3.09. The Kier molecular flexibility index (Phi) is 5.53. The van der Waals surface area contributed by atoms with Crippen molar-refractivity contribution < 1.29 is 13.2 Å². The molecule has 6 heteroatoms. The predicted molar refractivity (Wildman–Crippen MR) is 76.1 cm³/mol. The molecule has 1 aliphatic heterocycles. The molecule has 1 heterocycles. The lowest BCUT2D eigenvalue weighted by Gasteiger charge is -2.32. The number of hydrogen-bond acceptors (Lipinski definition) is 3. The largest absolute Gasteiger partial charge is 0.300 e. The third kappa shape index (κ3) is 5.58. The Morgan fingerprint density at radius 3 is 2.42 bits per heavy atom. The molecule has 1 rings (SSSR count). The van der Waals surface area contributed by atoms with E-state index >= 15 is 0 Å². The molecule has 1 fully saturated rings. The Morgan fingerprint density at radius 2 is 1.89 bits per heavy atom. The fourth-order valence-electron chi connectivity index (χ4n) is 2.45. The van der Waals surface area contributed by atoms with Crippen LogP contribution in [0.2, 0.25) is 0 Å². The minimum Gasteiger partial charge on any atom is -0.300 e. The summed E-state index contributed by atoms with van der Waals surface area (Å²) in [5, 5.41) is 0. The third-order valence-corrected chi connectivity index (χ3v) is 5.06. The highest BCUT2D eigenvalue weighted by Crippen LogP contribution is 2.23. The minimum absolute atomic E-state index is 0.0443. The predicted octanol–water partition coefficient (Wildman–Crippen LogP) is 1.84. The van der Waals surface area contributed by atoms with Crippen molar-refractivity contribution in [2.45, 2.75) is 71.4 Å². The zero-order valence-electron chi connectivity index (χ0n) is 12.4. The van der Waals surface area contributed by atoms with Gasteiger partial charge in [-0.25, -0.2) is 0 Å². The molecule has 1 aliphatic rings. The lowest BCUT2D eigenvalue weighted by atomic mass is 10.1. The highest BCUT2D eigenvalue weighted by Gasteiger charge is 2.33. The van der Waals surface area contributed by atoms with Crippen LogP contribution in [0.25, 0.3) is 0 Å². The summed E-state index contributed by atoms with van der Waals surface area (Å²) >= 11 is 0. The van der Waals surface area contributed by atoms with E-state index in [1.807, 2.05) is 20.8 Å². The maximum Gasteiger partial charge on any atom is 0.280 e. The summed E-state index contributed by atoms with van der Waals surface area (Å²) in [5.41, 5.74) is -0.508. The molecule has 0 amide bonds. The highest BCUT2D eigenvalue weighted by molar-refractivity contribution is 7.87. The fraction of sp³-hybridized carbons (Fsp3) is 0.923.